The minimum absolute atomic E-state index is 0.152. The number of aryl methyl sites for hydroxylation is 2. The predicted molar refractivity (Wildman–Crippen MR) is 93.0 cm³/mol. The van der Waals surface area contributed by atoms with E-state index < -0.39 is 11.8 Å². The van der Waals surface area contributed by atoms with Gasteiger partial charge in [0.05, 0.1) is 6.21 Å². The van der Waals surface area contributed by atoms with Crippen molar-refractivity contribution in [3.8, 4) is 5.75 Å². The van der Waals surface area contributed by atoms with Crippen molar-refractivity contribution >= 4 is 23.7 Å². The molecule has 2 aromatic rings. The number of hydrogen-bond acceptors (Lipinski definition) is 4. The molecule has 0 radical (unpaired) electrons. The highest BCUT2D eigenvalue weighted by Crippen LogP contribution is 2.14. The van der Waals surface area contributed by atoms with Gasteiger partial charge in [0, 0.05) is 5.69 Å². The van der Waals surface area contributed by atoms with E-state index in [4.69, 9.17) is 5.11 Å². The maximum atomic E-state index is 11.8. The Hall–Kier alpha value is -3.15. The molecule has 0 saturated carbocycles. The molecule has 6 nitrogen and oxygen atoms in total. The van der Waals surface area contributed by atoms with Gasteiger partial charge < -0.3 is 10.4 Å². The summed E-state index contributed by atoms with van der Waals surface area (Å²) in [6.07, 6.45) is 1.11. The van der Waals surface area contributed by atoms with Crippen molar-refractivity contribution in [2.24, 2.45) is 5.10 Å². The summed E-state index contributed by atoms with van der Waals surface area (Å²) in [4.78, 5) is 23.5. The molecule has 24 heavy (non-hydrogen) atoms. The van der Waals surface area contributed by atoms with Crippen molar-refractivity contribution in [1.82, 2.24) is 5.43 Å². The minimum atomic E-state index is -0.508. The zero-order valence-corrected chi connectivity index (χ0v) is 13.5. The lowest BCUT2D eigenvalue weighted by Crippen LogP contribution is -2.24. The normalized spacial score (nSPS) is 10.6. The van der Waals surface area contributed by atoms with E-state index in [1.165, 1.54) is 18.3 Å². The van der Waals surface area contributed by atoms with Crippen LogP contribution < -0.4 is 10.7 Å². The number of amides is 2. The van der Waals surface area contributed by atoms with E-state index in [2.05, 4.69) is 15.8 Å². The van der Waals surface area contributed by atoms with Crippen LogP contribution in [0, 0.1) is 13.8 Å². The average Bonchev–Trinajstić information content (AvgIpc) is 2.53. The zero-order valence-electron chi connectivity index (χ0n) is 13.5. The summed E-state index contributed by atoms with van der Waals surface area (Å²) in [5, 5.41) is 15.6. The Balaban J connectivity index is 1.81. The molecule has 0 bridgehead atoms. The van der Waals surface area contributed by atoms with Crippen molar-refractivity contribution in [1.29, 1.82) is 0 Å². The first-order valence-corrected chi connectivity index (χ1v) is 7.42. The van der Waals surface area contributed by atoms with Crippen molar-refractivity contribution < 1.29 is 14.7 Å². The van der Waals surface area contributed by atoms with Gasteiger partial charge in [-0.15, -0.1) is 0 Å². The van der Waals surface area contributed by atoms with Crippen molar-refractivity contribution in [3.63, 3.8) is 0 Å². The number of nitrogens with one attached hydrogen (secondary N) is 2. The smallest absolute Gasteiger partial charge is 0.249 e. The summed E-state index contributed by atoms with van der Waals surface area (Å²) < 4.78 is 0. The number of nitrogens with zero attached hydrogens (tertiary/aromatic N) is 1. The van der Waals surface area contributed by atoms with Crippen LogP contribution in [-0.2, 0) is 9.59 Å². The highest BCUT2D eigenvalue weighted by Gasteiger charge is 2.09. The molecule has 0 saturated heterocycles. The molecule has 0 aromatic heterocycles. The number of aromatic hydroxyl groups is 1. The number of benzene rings is 2. The third-order valence-corrected chi connectivity index (χ3v) is 3.41. The quantitative estimate of drug-likeness (QED) is 0.448. The van der Waals surface area contributed by atoms with Gasteiger partial charge in [-0.25, -0.2) is 5.43 Å². The van der Waals surface area contributed by atoms with Crippen LogP contribution in [0.2, 0.25) is 0 Å². The highest BCUT2D eigenvalue weighted by atomic mass is 16.3. The first-order chi connectivity index (χ1) is 11.4. The Labute approximate surface area is 140 Å². The van der Waals surface area contributed by atoms with E-state index in [0.717, 1.165) is 11.1 Å². The highest BCUT2D eigenvalue weighted by molar-refractivity contribution is 6.03. The lowest BCUT2D eigenvalue weighted by Gasteiger charge is -2.07. The summed E-state index contributed by atoms with van der Waals surface area (Å²) >= 11 is 0. The van der Waals surface area contributed by atoms with Gasteiger partial charge in [0.2, 0.25) is 11.8 Å². The molecule has 0 atom stereocenters. The monoisotopic (exact) mass is 325 g/mol. The van der Waals surface area contributed by atoms with Crippen LogP contribution >= 0.6 is 0 Å². The minimum Gasteiger partial charge on any atom is -0.508 e. The molecule has 0 aliphatic rings. The van der Waals surface area contributed by atoms with Crippen molar-refractivity contribution in [2.45, 2.75) is 20.3 Å². The number of anilines is 1. The van der Waals surface area contributed by atoms with Gasteiger partial charge >= 0.3 is 0 Å². The molecule has 3 N–H and O–H groups in total. The van der Waals surface area contributed by atoms with Crippen molar-refractivity contribution in [2.75, 3.05) is 5.32 Å². The summed E-state index contributed by atoms with van der Waals surface area (Å²) in [5.74, 6) is -0.763. The van der Waals surface area contributed by atoms with E-state index in [0.29, 0.717) is 11.3 Å². The van der Waals surface area contributed by atoms with Gasteiger partial charge in [-0.1, -0.05) is 6.07 Å². The van der Waals surface area contributed by atoms with Crippen LogP contribution in [0.1, 0.15) is 23.1 Å². The maximum absolute atomic E-state index is 11.8. The zero-order chi connectivity index (χ0) is 17.5. The van der Waals surface area contributed by atoms with Gasteiger partial charge in [-0.2, -0.15) is 5.10 Å². The summed E-state index contributed by atoms with van der Waals surface area (Å²) in [7, 11) is 0. The number of hydrazone groups is 1. The molecule has 0 aliphatic heterocycles. The number of hydrogen-bond donors (Lipinski definition) is 3. The standard InChI is InChI=1S/C18H19N3O3/c1-12-3-6-15(9-13(12)2)20-17(23)10-18(24)21-19-11-14-4-7-16(22)8-5-14/h3-9,11,22H,10H2,1-2H3,(H,20,23)(H,21,24). The first kappa shape index (κ1) is 17.2. The molecule has 0 unspecified atom stereocenters. The van der Waals surface area contributed by atoms with Gasteiger partial charge in [0.15, 0.2) is 0 Å². The number of carbonyl (C=O) groups is 2. The molecular weight excluding hydrogens is 306 g/mol. The van der Waals surface area contributed by atoms with Crippen LogP contribution in [0.4, 0.5) is 5.69 Å². The van der Waals surface area contributed by atoms with E-state index in [9.17, 15) is 9.59 Å². The van der Waals surface area contributed by atoms with E-state index in [-0.39, 0.29) is 12.2 Å². The Morgan fingerprint density at radius 2 is 1.75 bits per heavy atom. The number of rotatable bonds is 5. The topological polar surface area (TPSA) is 90.8 Å². The molecule has 0 aliphatic carbocycles. The number of phenolic OH excluding ortho intramolecular Hbond substituents is 1. The summed E-state index contributed by atoms with van der Waals surface area (Å²) in [6.45, 7) is 3.94. The largest absolute Gasteiger partial charge is 0.508 e. The molecular formula is C18H19N3O3. The molecule has 0 fully saturated rings. The lowest BCUT2D eigenvalue weighted by molar-refractivity contribution is -0.126. The van der Waals surface area contributed by atoms with Crippen LogP contribution in [0.3, 0.4) is 0 Å². The molecule has 2 aromatic carbocycles. The number of phenols is 1. The van der Waals surface area contributed by atoms with Crippen LogP contribution in [-0.4, -0.2) is 23.1 Å². The SMILES string of the molecule is Cc1ccc(NC(=O)CC(=O)NN=Cc2ccc(O)cc2)cc1C. The van der Waals surface area contributed by atoms with E-state index in [1.807, 2.05) is 26.0 Å². The number of carbonyl (C=O) groups excluding carboxylic acids is 2. The summed E-state index contributed by atoms with van der Waals surface area (Å²) in [5.41, 5.74) is 5.86. The third kappa shape index (κ3) is 5.24. The van der Waals surface area contributed by atoms with Crippen molar-refractivity contribution in [3.05, 3.63) is 59.2 Å². The first-order valence-electron chi connectivity index (χ1n) is 7.42. The Morgan fingerprint density at radius 1 is 1.04 bits per heavy atom. The molecule has 2 rings (SSSR count). The fraction of sp³-hybridized carbons (Fsp3) is 0.167. The molecule has 6 heteroatoms. The Kier molecular flexibility index (Phi) is 5.68. The molecule has 2 amide bonds. The van der Waals surface area contributed by atoms with Gasteiger partial charge in [-0.3, -0.25) is 9.59 Å². The summed E-state index contributed by atoms with van der Waals surface area (Å²) in [6, 6.07) is 11.9. The third-order valence-electron chi connectivity index (χ3n) is 3.41. The second kappa shape index (κ2) is 7.92. The second-order valence-electron chi connectivity index (χ2n) is 5.41. The predicted octanol–water partition coefficient (Wildman–Crippen LogP) is 2.49. The van der Waals surface area contributed by atoms with E-state index >= 15 is 0 Å². The second-order valence-corrected chi connectivity index (χ2v) is 5.41. The van der Waals surface area contributed by atoms with Gasteiger partial charge in [0.25, 0.3) is 0 Å². The van der Waals surface area contributed by atoms with E-state index in [1.54, 1.807) is 18.2 Å². The van der Waals surface area contributed by atoms with Crippen LogP contribution in [0.15, 0.2) is 47.6 Å². The maximum Gasteiger partial charge on any atom is 0.249 e. The van der Waals surface area contributed by atoms with Gasteiger partial charge in [-0.05, 0) is 66.9 Å². The molecule has 124 valence electrons. The molecule has 0 spiro atoms. The van der Waals surface area contributed by atoms with Crippen LogP contribution in [0.5, 0.6) is 5.75 Å². The Morgan fingerprint density at radius 3 is 2.42 bits per heavy atom. The fourth-order valence-electron chi connectivity index (χ4n) is 1.95. The van der Waals surface area contributed by atoms with Crippen LogP contribution in [0.25, 0.3) is 0 Å². The van der Waals surface area contributed by atoms with Gasteiger partial charge in [0.1, 0.15) is 12.2 Å². The Bertz CT molecular complexity index is 768. The molecule has 0 heterocycles. The fourth-order valence-corrected chi connectivity index (χ4v) is 1.95. The average molecular weight is 325 g/mol. The lowest BCUT2D eigenvalue weighted by atomic mass is 10.1.